The first-order valence-electron chi connectivity index (χ1n) is 11.2. The number of benzene rings is 2. The average Bonchev–Trinajstić information content (AvgIpc) is 3.49. The normalized spacial score (nSPS) is 13.8. The number of nitrogens with one attached hydrogen (secondary N) is 2. The molecule has 1 aromatic heterocycles. The van der Waals surface area contributed by atoms with Gasteiger partial charge in [-0.15, -0.1) is 0 Å². The van der Waals surface area contributed by atoms with Crippen LogP contribution in [0.5, 0.6) is 5.75 Å². The van der Waals surface area contributed by atoms with Gasteiger partial charge in [0.1, 0.15) is 17.3 Å². The number of anilines is 1. The van der Waals surface area contributed by atoms with Gasteiger partial charge in [-0.3, -0.25) is 24.6 Å². The van der Waals surface area contributed by atoms with Gasteiger partial charge in [0.15, 0.2) is 6.61 Å². The van der Waals surface area contributed by atoms with E-state index in [1.54, 1.807) is 0 Å². The molecule has 1 saturated heterocycles. The Bertz CT molecular complexity index is 1570. The summed E-state index contributed by atoms with van der Waals surface area (Å²) < 4.78 is 29.4. The SMILES string of the molecule is COC(=O)c1ccc(CN2C(=O)N/C(=C\c3cc(Br)cc([N+](=O)[O-])c3OCC(=O)Nc3ccccc3F)C2=O)o1. The van der Waals surface area contributed by atoms with Crippen molar-refractivity contribution in [1.29, 1.82) is 0 Å². The number of rotatable bonds is 9. The lowest BCUT2D eigenvalue weighted by atomic mass is 10.1. The molecule has 1 aliphatic rings. The van der Waals surface area contributed by atoms with Gasteiger partial charge in [0, 0.05) is 16.1 Å². The molecule has 0 bridgehead atoms. The molecule has 40 heavy (non-hydrogen) atoms. The molecule has 2 aromatic carbocycles. The Hall–Kier alpha value is -5.05. The third-order valence-corrected chi connectivity index (χ3v) is 5.84. The van der Waals surface area contributed by atoms with E-state index in [0.717, 1.165) is 23.1 Å². The van der Waals surface area contributed by atoms with Crippen molar-refractivity contribution in [2.45, 2.75) is 6.54 Å². The van der Waals surface area contributed by atoms with E-state index < -0.39 is 46.8 Å². The number of hydrogen-bond donors (Lipinski definition) is 2. The Labute approximate surface area is 232 Å². The molecule has 0 aliphatic carbocycles. The number of carbonyl (C=O) groups is 4. The average molecular weight is 617 g/mol. The lowest BCUT2D eigenvalue weighted by molar-refractivity contribution is -0.385. The highest BCUT2D eigenvalue weighted by Crippen LogP contribution is 2.36. The minimum absolute atomic E-state index is 0.0174. The molecule has 0 unspecified atom stereocenters. The van der Waals surface area contributed by atoms with Crippen molar-refractivity contribution in [1.82, 2.24) is 10.2 Å². The number of urea groups is 1. The second-order valence-corrected chi connectivity index (χ2v) is 8.97. The Morgan fingerprint density at radius 3 is 2.67 bits per heavy atom. The van der Waals surface area contributed by atoms with Crippen LogP contribution in [0.15, 0.2) is 63.1 Å². The van der Waals surface area contributed by atoms with E-state index in [0.29, 0.717) is 0 Å². The van der Waals surface area contributed by atoms with Crippen LogP contribution in [0.1, 0.15) is 21.9 Å². The predicted octanol–water partition coefficient (Wildman–Crippen LogP) is 3.99. The van der Waals surface area contributed by atoms with Crippen molar-refractivity contribution < 1.29 is 42.4 Å². The summed E-state index contributed by atoms with van der Waals surface area (Å²) in [7, 11) is 1.17. The largest absolute Gasteiger partial charge is 0.476 e. The first kappa shape index (κ1) is 28.0. The van der Waals surface area contributed by atoms with Crippen molar-refractivity contribution in [3.63, 3.8) is 0 Å². The standard InChI is InChI=1S/C25H18BrFN4O9/c1-38-24(34)20-7-6-15(40-20)11-30-23(33)18(29-25(30)35)9-13-8-14(26)10-19(31(36)37)22(13)39-12-21(32)28-17-5-3-2-4-16(17)27/h2-10H,11-12H2,1H3,(H,28,32)(H,29,35)/b18-9-. The minimum atomic E-state index is -0.816. The number of imide groups is 1. The summed E-state index contributed by atoms with van der Waals surface area (Å²) in [5, 5.41) is 16.4. The molecule has 4 rings (SSSR count). The molecular weight excluding hydrogens is 599 g/mol. The quantitative estimate of drug-likeness (QED) is 0.119. The number of methoxy groups -OCH3 is 1. The number of carbonyl (C=O) groups excluding carboxylic acids is 4. The molecule has 0 saturated carbocycles. The zero-order chi connectivity index (χ0) is 29.0. The van der Waals surface area contributed by atoms with E-state index in [1.807, 2.05) is 0 Å². The molecule has 0 atom stereocenters. The van der Waals surface area contributed by atoms with E-state index in [-0.39, 0.29) is 45.2 Å². The van der Waals surface area contributed by atoms with Crippen LogP contribution in [0.3, 0.4) is 0 Å². The number of nitro groups is 1. The summed E-state index contributed by atoms with van der Waals surface area (Å²) in [6.07, 6.45) is 1.14. The number of para-hydroxylation sites is 1. The van der Waals surface area contributed by atoms with Gasteiger partial charge in [-0.2, -0.15) is 0 Å². The van der Waals surface area contributed by atoms with E-state index in [9.17, 15) is 33.7 Å². The van der Waals surface area contributed by atoms with Gasteiger partial charge in [0.25, 0.3) is 11.8 Å². The molecule has 206 valence electrons. The van der Waals surface area contributed by atoms with E-state index in [2.05, 4.69) is 31.3 Å². The number of ether oxygens (including phenoxy) is 2. The molecule has 1 aliphatic heterocycles. The minimum Gasteiger partial charge on any atom is -0.476 e. The number of amides is 4. The number of nitrogens with zero attached hydrogens (tertiary/aromatic N) is 2. The van der Waals surface area contributed by atoms with Gasteiger partial charge in [0.05, 0.1) is 24.3 Å². The summed E-state index contributed by atoms with van der Waals surface area (Å²) in [6.45, 7) is -1.06. The summed E-state index contributed by atoms with van der Waals surface area (Å²) in [5.74, 6) is -3.41. The molecule has 4 amide bonds. The third-order valence-electron chi connectivity index (χ3n) is 5.38. The van der Waals surface area contributed by atoms with Crippen LogP contribution in [-0.4, -0.2) is 47.4 Å². The molecule has 0 radical (unpaired) electrons. The highest BCUT2D eigenvalue weighted by molar-refractivity contribution is 9.10. The van der Waals surface area contributed by atoms with Crippen LogP contribution in [0.25, 0.3) is 6.08 Å². The van der Waals surface area contributed by atoms with Crippen LogP contribution < -0.4 is 15.4 Å². The van der Waals surface area contributed by atoms with Crippen LogP contribution in [0, 0.1) is 15.9 Å². The van der Waals surface area contributed by atoms with Crippen molar-refractivity contribution in [2.75, 3.05) is 19.0 Å². The van der Waals surface area contributed by atoms with Gasteiger partial charge < -0.3 is 24.5 Å². The highest BCUT2D eigenvalue weighted by atomic mass is 79.9. The fourth-order valence-electron chi connectivity index (χ4n) is 3.59. The number of nitro benzene ring substituents is 1. The topological polar surface area (TPSA) is 170 Å². The zero-order valence-corrected chi connectivity index (χ0v) is 22.0. The Kier molecular flexibility index (Phi) is 8.23. The molecule has 3 aromatic rings. The number of furan rings is 1. The highest BCUT2D eigenvalue weighted by Gasteiger charge is 2.35. The van der Waals surface area contributed by atoms with Crippen molar-refractivity contribution in [2.24, 2.45) is 0 Å². The van der Waals surface area contributed by atoms with Crippen LogP contribution in [-0.2, 0) is 20.9 Å². The maximum absolute atomic E-state index is 13.9. The fraction of sp³-hybridized carbons (Fsp3) is 0.120. The summed E-state index contributed by atoms with van der Waals surface area (Å²) in [4.78, 5) is 61.2. The van der Waals surface area contributed by atoms with Crippen LogP contribution in [0.4, 0.5) is 20.6 Å². The number of esters is 1. The molecule has 2 heterocycles. The number of halogens is 2. The lowest BCUT2D eigenvalue weighted by Crippen LogP contribution is -2.30. The Balaban J connectivity index is 1.58. The molecule has 13 nitrogen and oxygen atoms in total. The zero-order valence-electron chi connectivity index (χ0n) is 20.4. The Morgan fingerprint density at radius 1 is 1.23 bits per heavy atom. The van der Waals surface area contributed by atoms with Gasteiger partial charge in [-0.1, -0.05) is 28.1 Å². The maximum atomic E-state index is 13.9. The van der Waals surface area contributed by atoms with E-state index in [4.69, 9.17) is 9.15 Å². The Morgan fingerprint density at radius 2 is 1.98 bits per heavy atom. The second-order valence-electron chi connectivity index (χ2n) is 8.05. The first-order valence-corrected chi connectivity index (χ1v) is 12.0. The predicted molar refractivity (Wildman–Crippen MR) is 138 cm³/mol. The van der Waals surface area contributed by atoms with Crippen molar-refractivity contribution >= 4 is 57.2 Å². The lowest BCUT2D eigenvalue weighted by Gasteiger charge is -2.12. The maximum Gasteiger partial charge on any atom is 0.373 e. The molecule has 0 spiro atoms. The van der Waals surface area contributed by atoms with Gasteiger partial charge >= 0.3 is 17.7 Å². The monoisotopic (exact) mass is 616 g/mol. The molecular formula is C25H18BrFN4O9. The third kappa shape index (κ3) is 6.15. The number of hydrogen-bond acceptors (Lipinski definition) is 9. The van der Waals surface area contributed by atoms with E-state index >= 15 is 0 Å². The smallest absolute Gasteiger partial charge is 0.373 e. The molecule has 1 fully saturated rings. The van der Waals surface area contributed by atoms with Gasteiger partial charge in [-0.05, 0) is 36.4 Å². The van der Waals surface area contributed by atoms with E-state index in [1.165, 1.54) is 43.5 Å². The van der Waals surface area contributed by atoms with Crippen molar-refractivity contribution in [3.05, 3.63) is 91.7 Å². The second kappa shape index (κ2) is 11.8. The van der Waals surface area contributed by atoms with Crippen LogP contribution in [0.2, 0.25) is 0 Å². The molecule has 15 heteroatoms. The van der Waals surface area contributed by atoms with Crippen molar-refractivity contribution in [3.8, 4) is 5.75 Å². The molecule has 2 N–H and O–H groups in total. The fourth-order valence-corrected chi connectivity index (χ4v) is 4.05. The summed E-state index contributed by atoms with van der Waals surface area (Å²) >= 11 is 3.16. The summed E-state index contributed by atoms with van der Waals surface area (Å²) in [6, 6.07) is 9.81. The van der Waals surface area contributed by atoms with Gasteiger partial charge in [0.2, 0.25) is 11.5 Å². The summed E-state index contributed by atoms with van der Waals surface area (Å²) in [5.41, 5.74) is -0.924. The first-order chi connectivity index (χ1) is 19.1. The van der Waals surface area contributed by atoms with Crippen LogP contribution >= 0.6 is 15.9 Å². The van der Waals surface area contributed by atoms with Gasteiger partial charge in [-0.25, -0.2) is 14.0 Å².